The van der Waals surface area contributed by atoms with E-state index in [1.807, 2.05) is 6.07 Å². The maximum atomic E-state index is 12.2. The molecule has 4 nitrogen and oxygen atoms in total. The molecule has 2 fully saturated rings. The number of aromatic nitrogens is 2. The summed E-state index contributed by atoms with van der Waals surface area (Å²) in [6, 6.07) is 1.94. The van der Waals surface area contributed by atoms with Crippen LogP contribution in [0.5, 0.6) is 0 Å². The number of carbonyl (C=O) groups excluding carboxylic acids is 1. The van der Waals surface area contributed by atoms with E-state index in [-0.39, 0.29) is 5.78 Å². The van der Waals surface area contributed by atoms with E-state index < -0.39 is 0 Å². The fraction of sp³-hybridized carbons (Fsp3) is 0.643. The van der Waals surface area contributed by atoms with Crippen molar-refractivity contribution >= 4 is 5.78 Å². The van der Waals surface area contributed by atoms with E-state index in [0.29, 0.717) is 29.9 Å². The summed E-state index contributed by atoms with van der Waals surface area (Å²) < 4.78 is 0. The molecule has 0 aromatic carbocycles. The van der Waals surface area contributed by atoms with E-state index in [2.05, 4.69) is 22.4 Å². The summed E-state index contributed by atoms with van der Waals surface area (Å²) in [5.74, 6) is 1.85. The number of nitrogens with one attached hydrogen (secondary N) is 1. The van der Waals surface area contributed by atoms with Crippen LogP contribution in [0.1, 0.15) is 48.2 Å². The first-order chi connectivity index (χ1) is 8.74. The molecule has 18 heavy (non-hydrogen) atoms. The molecule has 0 spiro atoms. The second kappa shape index (κ2) is 4.76. The van der Waals surface area contributed by atoms with Gasteiger partial charge in [-0.25, -0.2) is 0 Å². The Kier molecular flexibility index (Phi) is 3.12. The van der Waals surface area contributed by atoms with Crippen LogP contribution in [-0.2, 0) is 0 Å². The third-order valence-electron chi connectivity index (χ3n) is 4.14. The van der Waals surface area contributed by atoms with E-state index in [0.717, 1.165) is 13.1 Å². The maximum Gasteiger partial charge on any atom is 0.183 e. The molecular weight excluding hydrogens is 226 g/mol. The van der Waals surface area contributed by atoms with Crippen LogP contribution in [0.25, 0.3) is 0 Å². The molecule has 4 heteroatoms. The zero-order chi connectivity index (χ0) is 12.5. The quantitative estimate of drug-likeness (QED) is 0.803. The molecule has 1 N–H and O–H groups in total. The molecule has 1 aromatic heterocycles. The van der Waals surface area contributed by atoms with Crippen molar-refractivity contribution in [1.82, 2.24) is 15.5 Å². The Morgan fingerprint density at radius 3 is 2.89 bits per heavy atom. The fourth-order valence-corrected chi connectivity index (χ4v) is 2.43. The van der Waals surface area contributed by atoms with Crippen molar-refractivity contribution in [1.29, 1.82) is 0 Å². The number of hydrogen-bond donors (Lipinski definition) is 1. The van der Waals surface area contributed by atoms with E-state index in [4.69, 9.17) is 0 Å². The van der Waals surface area contributed by atoms with Gasteiger partial charge in [-0.15, -0.1) is 5.10 Å². The van der Waals surface area contributed by atoms with Crippen LogP contribution < -0.4 is 5.32 Å². The van der Waals surface area contributed by atoms with E-state index in [1.54, 1.807) is 6.20 Å². The third-order valence-corrected chi connectivity index (χ3v) is 4.14. The van der Waals surface area contributed by atoms with Crippen molar-refractivity contribution in [2.75, 3.05) is 13.1 Å². The molecule has 1 aliphatic heterocycles. The highest BCUT2D eigenvalue weighted by Gasteiger charge is 2.27. The summed E-state index contributed by atoms with van der Waals surface area (Å²) in [6.07, 6.45) is 4.84. The van der Waals surface area contributed by atoms with Crippen molar-refractivity contribution in [2.45, 2.75) is 32.1 Å². The standard InChI is InChI=1S/C14H19N3O/c1-9(12-6-15-7-12)4-14(18)13-5-11(8-16-17-13)10-2-3-10/h5,8-10,12,15H,2-4,6-7H2,1H3. The lowest BCUT2D eigenvalue weighted by molar-refractivity contribution is 0.0929. The minimum absolute atomic E-state index is 0.143. The molecule has 1 unspecified atom stereocenters. The first-order valence-corrected chi connectivity index (χ1v) is 6.80. The van der Waals surface area contributed by atoms with Crippen molar-refractivity contribution in [3.8, 4) is 0 Å². The van der Waals surface area contributed by atoms with Gasteiger partial charge in [0.05, 0.1) is 6.20 Å². The Labute approximate surface area is 107 Å². The molecule has 1 atom stereocenters. The topological polar surface area (TPSA) is 54.9 Å². The Balaban J connectivity index is 1.65. The van der Waals surface area contributed by atoms with Crippen molar-refractivity contribution in [3.05, 3.63) is 23.5 Å². The molecule has 1 aromatic rings. The van der Waals surface area contributed by atoms with Gasteiger partial charge in [0.2, 0.25) is 0 Å². The molecule has 1 saturated carbocycles. The summed E-state index contributed by atoms with van der Waals surface area (Å²) in [5.41, 5.74) is 1.74. The second-order valence-electron chi connectivity index (χ2n) is 5.67. The molecule has 1 saturated heterocycles. The van der Waals surface area contributed by atoms with Crippen LogP contribution in [0.2, 0.25) is 0 Å². The average molecular weight is 245 g/mol. The largest absolute Gasteiger partial charge is 0.316 e. The Bertz CT molecular complexity index is 452. The molecule has 0 radical (unpaired) electrons. The van der Waals surface area contributed by atoms with Gasteiger partial charge in [-0.3, -0.25) is 4.79 Å². The summed E-state index contributed by atoms with van der Waals surface area (Å²) in [6.45, 7) is 4.24. The monoisotopic (exact) mass is 245 g/mol. The number of Topliss-reactive ketones (excluding diaryl/α,β-unsaturated/α-hetero) is 1. The lowest BCUT2D eigenvalue weighted by Crippen LogP contribution is -2.45. The molecule has 0 amide bonds. The Morgan fingerprint density at radius 1 is 1.50 bits per heavy atom. The zero-order valence-corrected chi connectivity index (χ0v) is 10.7. The summed E-state index contributed by atoms with van der Waals surface area (Å²) >= 11 is 0. The highest BCUT2D eigenvalue weighted by Crippen LogP contribution is 2.39. The maximum absolute atomic E-state index is 12.2. The van der Waals surface area contributed by atoms with Crippen LogP contribution in [0.3, 0.4) is 0 Å². The first kappa shape index (κ1) is 11.8. The van der Waals surface area contributed by atoms with Gasteiger partial charge in [0.1, 0.15) is 5.69 Å². The van der Waals surface area contributed by atoms with E-state index in [9.17, 15) is 4.79 Å². The molecule has 2 heterocycles. The van der Waals surface area contributed by atoms with Crippen LogP contribution in [0, 0.1) is 11.8 Å². The van der Waals surface area contributed by atoms with Gasteiger partial charge in [-0.2, -0.15) is 5.10 Å². The number of carbonyl (C=O) groups is 1. The third kappa shape index (κ3) is 2.43. The van der Waals surface area contributed by atoms with Crippen LogP contribution >= 0.6 is 0 Å². The fourth-order valence-electron chi connectivity index (χ4n) is 2.43. The molecule has 1 aliphatic carbocycles. The lowest BCUT2D eigenvalue weighted by atomic mass is 9.85. The van der Waals surface area contributed by atoms with Crippen molar-refractivity contribution in [3.63, 3.8) is 0 Å². The Hall–Kier alpha value is -1.29. The summed E-state index contributed by atoms with van der Waals surface area (Å²) in [7, 11) is 0. The van der Waals surface area contributed by atoms with Gasteiger partial charge in [-0.05, 0) is 55.3 Å². The second-order valence-corrected chi connectivity index (χ2v) is 5.67. The molecular formula is C14H19N3O. The number of nitrogens with zero attached hydrogens (tertiary/aromatic N) is 2. The first-order valence-electron chi connectivity index (χ1n) is 6.80. The van der Waals surface area contributed by atoms with E-state index in [1.165, 1.54) is 18.4 Å². The number of hydrogen-bond acceptors (Lipinski definition) is 4. The van der Waals surface area contributed by atoms with Crippen LogP contribution in [-0.4, -0.2) is 29.1 Å². The highest BCUT2D eigenvalue weighted by molar-refractivity contribution is 5.94. The molecule has 3 rings (SSSR count). The lowest BCUT2D eigenvalue weighted by Gasteiger charge is -2.32. The van der Waals surface area contributed by atoms with Gasteiger partial charge in [0.15, 0.2) is 5.78 Å². The molecule has 2 aliphatic rings. The average Bonchev–Trinajstić information content (AvgIpc) is 3.10. The van der Waals surface area contributed by atoms with Crippen molar-refractivity contribution < 1.29 is 4.79 Å². The Morgan fingerprint density at radius 2 is 2.28 bits per heavy atom. The van der Waals surface area contributed by atoms with Gasteiger partial charge in [0.25, 0.3) is 0 Å². The van der Waals surface area contributed by atoms with Crippen LogP contribution in [0.15, 0.2) is 12.3 Å². The SMILES string of the molecule is CC(CC(=O)c1cc(C2CC2)cnn1)C1CNC1. The minimum Gasteiger partial charge on any atom is -0.316 e. The highest BCUT2D eigenvalue weighted by atomic mass is 16.1. The predicted octanol–water partition coefficient (Wildman–Crippen LogP) is 1.78. The molecule has 0 bridgehead atoms. The van der Waals surface area contributed by atoms with E-state index >= 15 is 0 Å². The smallest absolute Gasteiger partial charge is 0.183 e. The number of rotatable bonds is 5. The normalized spacial score (nSPS) is 21.4. The zero-order valence-electron chi connectivity index (χ0n) is 10.7. The van der Waals surface area contributed by atoms with Crippen LogP contribution in [0.4, 0.5) is 0 Å². The van der Waals surface area contributed by atoms with Gasteiger partial charge >= 0.3 is 0 Å². The summed E-state index contributed by atoms with van der Waals surface area (Å²) in [5, 5.41) is 11.2. The number of ketones is 1. The van der Waals surface area contributed by atoms with Gasteiger partial charge in [0, 0.05) is 6.42 Å². The minimum atomic E-state index is 0.143. The van der Waals surface area contributed by atoms with Gasteiger partial charge in [-0.1, -0.05) is 6.92 Å². The molecule has 96 valence electrons. The summed E-state index contributed by atoms with van der Waals surface area (Å²) in [4.78, 5) is 12.2. The predicted molar refractivity (Wildman–Crippen MR) is 68.5 cm³/mol. The van der Waals surface area contributed by atoms with Crippen molar-refractivity contribution in [2.24, 2.45) is 11.8 Å². The van der Waals surface area contributed by atoms with Gasteiger partial charge < -0.3 is 5.32 Å².